The number of carbonyl (C=O) groups is 2. The van der Waals surface area contributed by atoms with E-state index in [-0.39, 0.29) is 47.8 Å². The summed E-state index contributed by atoms with van der Waals surface area (Å²) in [5.74, 6) is 0.415. The highest BCUT2D eigenvalue weighted by atomic mass is 16.6. The summed E-state index contributed by atoms with van der Waals surface area (Å²) in [7, 11) is 1.43. The topological polar surface area (TPSA) is 104 Å². The first-order valence-electron chi connectivity index (χ1n) is 12.0. The van der Waals surface area contributed by atoms with Gasteiger partial charge in [-0.05, 0) is 62.9 Å². The Morgan fingerprint density at radius 1 is 1.25 bits per heavy atom. The van der Waals surface area contributed by atoms with Crippen molar-refractivity contribution in [3.63, 3.8) is 0 Å². The van der Waals surface area contributed by atoms with E-state index in [0.29, 0.717) is 24.2 Å². The summed E-state index contributed by atoms with van der Waals surface area (Å²) in [5, 5.41) is 10.7. The van der Waals surface area contributed by atoms with Gasteiger partial charge in [-0.15, -0.1) is 0 Å². The molecule has 9 heteroatoms. The molecular formula is C27H33NO8. The summed E-state index contributed by atoms with van der Waals surface area (Å²) >= 11 is 0. The van der Waals surface area contributed by atoms with Gasteiger partial charge in [0.25, 0.3) is 0 Å². The van der Waals surface area contributed by atoms with E-state index in [4.69, 9.17) is 23.7 Å². The molecule has 36 heavy (non-hydrogen) atoms. The summed E-state index contributed by atoms with van der Waals surface area (Å²) < 4.78 is 28.6. The molecule has 1 saturated heterocycles. The highest BCUT2D eigenvalue weighted by molar-refractivity contribution is 5.96. The second-order valence-corrected chi connectivity index (χ2v) is 10.2. The van der Waals surface area contributed by atoms with Gasteiger partial charge in [-0.25, -0.2) is 9.59 Å². The van der Waals surface area contributed by atoms with Gasteiger partial charge in [-0.2, -0.15) is 0 Å². The quantitative estimate of drug-likeness (QED) is 0.566. The van der Waals surface area contributed by atoms with Crippen LogP contribution < -0.4 is 14.2 Å². The van der Waals surface area contributed by atoms with E-state index in [0.717, 1.165) is 5.56 Å². The van der Waals surface area contributed by atoms with Crippen LogP contribution in [-0.2, 0) is 16.1 Å². The highest BCUT2D eigenvalue weighted by Gasteiger charge is 2.38. The molecule has 2 heterocycles. The molecule has 2 aromatic carbocycles. The van der Waals surface area contributed by atoms with Crippen molar-refractivity contribution < 1.29 is 38.4 Å². The van der Waals surface area contributed by atoms with E-state index in [1.54, 1.807) is 18.2 Å². The predicted octanol–water partition coefficient (Wildman–Crippen LogP) is 5.11. The third-order valence-electron chi connectivity index (χ3n) is 6.28. The van der Waals surface area contributed by atoms with Crippen LogP contribution in [-0.4, -0.2) is 48.1 Å². The fraction of sp³-hybridized carbons (Fsp3) is 0.481. The summed E-state index contributed by atoms with van der Waals surface area (Å²) in [4.78, 5) is 27.6. The molecule has 1 N–H and O–H groups in total. The van der Waals surface area contributed by atoms with Crippen molar-refractivity contribution in [2.45, 2.75) is 59.3 Å². The average molecular weight is 500 g/mol. The number of carbonyl (C=O) groups excluding carboxylic acids is 2. The lowest BCUT2D eigenvalue weighted by molar-refractivity contribution is 0.0452. The van der Waals surface area contributed by atoms with Crippen molar-refractivity contribution in [2.75, 3.05) is 20.4 Å². The summed E-state index contributed by atoms with van der Waals surface area (Å²) in [5.41, 5.74) is 1.38. The van der Waals surface area contributed by atoms with Crippen molar-refractivity contribution in [3.8, 4) is 23.0 Å². The van der Waals surface area contributed by atoms with Crippen LogP contribution in [0.5, 0.6) is 23.0 Å². The third-order valence-corrected chi connectivity index (χ3v) is 6.28. The van der Waals surface area contributed by atoms with Crippen LogP contribution in [0.1, 0.15) is 67.3 Å². The number of nitrogens with zero attached hydrogens (tertiary/aromatic N) is 1. The number of amides is 1. The zero-order chi connectivity index (χ0) is 26.2. The van der Waals surface area contributed by atoms with Gasteiger partial charge in [0.2, 0.25) is 0 Å². The molecule has 4 rings (SSSR count). The summed E-state index contributed by atoms with van der Waals surface area (Å²) in [6, 6.07) is 6.77. The molecule has 0 spiro atoms. The van der Waals surface area contributed by atoms with Crippen molar-refractivity contribution in [2.24, 2.45) is 5.92 Å². The number of aryl methyl sites for hydroxylation is 1. The fourth-order valence-corrected chi connectivity index (χ4v) is 4.44. The number of aliphatic hydroxyl groups excluding tert-OH is 1. The normalized spacial score (nSPS) is 17.3. The Kier molecular flexibility index (Phi) is 7.15. The van der Waals surface area contributed by atoms with Crippen LogP contribution in [0.25, 0.3) is 0 Å². The number of methoxy groups -OCH3 is 1. The molecule has 2 aromatic rings. The Labute approximate surface area is 210 Å². The monoisotopic (exact) mass is 499 g/mol. The van der Waals surface area contributed by atoms with E-state index in [1.807, 2.05) is 40.7 Å². The molecule has 0 aromatic heterocycles. The molecule has 0 aliphatic carbocycles. The van der Waals surface area contributed by atoms with Crippen molar-refractivity contribution in [1.29, 1.82) is 0 Å². The third kappa shape index (κ3) is 4.99. The molecule has 2 aliphatic heterocycles. The highest BCUT2D eigenvalue weighted by Crippen LogP contribution is 2.45. The zero-order valence-corrected chi connectivity index (χ0v) is 21.5. The van der Waals surface area contributed by atoms with Gasteiger partial charge in [-0.1, -0.05) is 13.8 Å². The number of ether oxygens (including phenoxy) is 5. The van der Waals surface area contributed by atoms with E-state index >= 15 is 0 Å². The summed E-state index contributed by atoms with van der Waals surface area (Å²) in [6.45, 7) is 10.1. The number of benzene rings is 2. The van der Waals surface area contributed by atoms with Gasteiger partial charge in [0.1, 0.15) is 30.4 Å². The van der Waals surface area contributed by atoms with Gasteiger partial charge in [0.05, 0.1) is 25.4 Å². The molecule has 1 amide bonds. The molecule has 1 fully saturated rings. The maximum absolute atomic E-state index is 13.1. The lowest BCUT2D eigenvalue weighted by Gasteiger charge is -2.29. The minimum atomic E-state index is -0.832. The van der Waals surface area contributed by atoms with Crippen LogP contribution in [0, 0.1) is 12.8 Å². The largest absolute Gasteiger partial charge is 0.495 e. The summed E-state index contributed by atoms with van der Waals surface area (Å²) in [6.07, 6.45) is -0.914. The maximum Gasteiger partial charge on any atom is 0.417 e. The van der Waals surface area contributed by atoms with Gasteiger partial charge in [-0.3, -0.25) is 4.90 Å². The number of cyclic esters (lactones) is 1. The molecule has 0 unspecified atom stereocenters. The number of aliphatic hydroxyl groups is 1. The second kappa shape index (κ2) is 9.99. The van der Waals surface area contributed by atoms with Crippen LogP contribution >= 0.6 is 0 Å². The van der Waals surface area contributed by atoms with Gasteiger partial charge >= 0.3 is 12.1 Å². The Bertz CT molecular complexity index is 1170. The van der Waals surface area contributed by atoms with Crippen molar-refractivity contribution in [1.82, 2.24) is 4.90 Å². The molecule has 1 atom stereocenters. The van der Waals surface area contributed by atoms with E-state index in [9.17, 15) is 14.7 Å². The van der Waals surface area contributed by atoms with Crippen LogP contribution in [0.15, 0.2) is 24.3 Å². The molecule has 9 nitrogen and oxygen atoms in total. The SMILES string of the molecule is COc1c([C@@H](O)CC(C)C)ccc2c1C(=O)OCc1cc(C)cc(OC(=O)N3COCC3(C)C)c1O2. The van der Waals surface area contributed by atoms with E-state index < -0.39 is 23.7 Å². The first-order chi connectivity index (χ1) is 17.0. The van der Waals surface area contributed by atoms with Gasteiger partial charge in [0, 0.05) is 11.1 Å². The molecule has 0 saturated carbocycles. The second-order valence-electron chi connectivity index (χ2n) is 10.2. The standard InChI is InChI=1S/C27H33NO8/c1-15(2)9-19(29)18-7-8-20-22(24(18)32-6)25(30)34-12-17-10-16(3)11-21(23(17)35-20)36-26(31)28-14-33-13-27(28,4)5/h7-8,10-11,15,19,29H,9,12-14H2,1-6H3/t19-/m0/s1. The Morgan fingerprint density at radius 2 is 2.00 bits per heavy atom. The first-order valence-corrected chi connectivity index (χ1v) is 12.0. The number of rotatable bonds is 5. The Balaban J connectivity index is 1.75. The predicted molar refractivity (Wildman–Crippen MR) is 131 cm³/mol. The molecule has 194 valence electrons. The number of fused-ring (bicyclic) bond motifs is 2. The van der Waals surface area contributed by atoms with E-state index in [2.05, 4.69) is 0 Å². The van der Waals surface area contributed by atoms with E-state index in [1.165, 1.54) is 12.0 Å². The lowest BCUT2D eigenvalue weighted by Crippen LogP contribution is -2.45. The smallest absolute Gasteiger partial charge is 0.417 e. The van der Waals surface area contributed by atoms with Crippen molar-refractivity contribution >= 4 is 12.1 Å². The van der Waals surface area contributed by atoms with Crippen LogP contribution in [0.3, 0.4) is 0 Å². The molecule has 0 bridgehead atoms. The average Bonchev–Trinajstić information content (AvgIpc) is 3.16. The Hall–Kier alpha value is -3.30. The molecule has 2 aliphatic rings. The number of hydrogen-bond acceptors (Lipinski definition) is 8. The fourth-order valence-electron chi connectivity index (χ4n) is 4.44. The first kappa shape index (κ1) is 25.8. The maximum atomic E-state index is 13.1. The zero-order valence-electron chi connectivity index (χ0n) is 21.5. The number of esters is 1. The van der Waals surface area contributed by atoms with Gasteiger partial charge in [0.15, 0.2) is 11.5 Å². The van der Waals surface area contributed by atoms with Crippen LogP contribution in [0.2, 0.25) is 0 Å². The van der Waals surface area contributed by atoms with Crippen molar-refractivity contribution in [3.05, 3.63) is 46.5 Å². The molecular weight excluding hydrogens is 466 g/mol. The minimum absolute atomic E-state index is 0.0652. The Morgan fingerprint density at radius 3 is 2.64 bits per heavy atom. The minimum Gasteiger partial charge on any atom is -0.495 e. The van der Waals surface area contributed by atoms with Gasteiger partial charge < -0.3 is 28.8 Å². The van der Waals surface area contributed by atoms with Crippen LogP contribution in [0.4, 0.5) is 4.79 Å². The number of hydrogen-bond donors (Lipinski definition) is 1. The molecule has 0 radical (unpaired) electrons. The lowest BCUT2D eigenvalue weighted by atomic mass is 9.96.